The van der Waals surface area contributed by atoms with Crippen LogP contribution >= 0.6 is 12.2 Å². The fraction of sp³-hybridized carbons (Fsp3) is 0.0667. The molecule has 0 fully saturated rings. The molecule has 1 aromatic carbocycles. The van der Waals surface area contributed by atoms with Crippen LogP contribution < -0.4 is 0 Å². The van der Waals surface area contributed by atoms with Crippen molar-refractivity contribution in [2.75, 3.05) is 7.05 Å². The summed E-state index contributed by atoms with van der Waals surface area (Å²) in [6, 6.07) is 12.0. The van der Waals surface area contributed by atoms with Crippen molar-refractivity contribution >= 4 is 31.6 Å². The predicted molar refractivity (Wildman–Crippen MR) is 98.8 cm³/mol. The summed E-state index contributed by atoms with van der Waals surface area (Å²) in [6.45, 7) is 14.0. The number of terminal acetylenes is 1. The maximum Gasteiger partial charge on any atom is 0.194 e. The van der Waals surface area contributed by atoms with Gasteiger partial charge in [0.15, 0.2) is 7.05 Å². The molecule has 0 saturated carbocycles. The van der Waals surface area contributed by atoms with Crippen LogP contribution in [0.5, 0.6) is 0 Å². The zero-order chi connectivity index (χ0) is 19.8. The molecule has 1 aromatic rings. The predicted octanol–water partition coefficient (Wildman–Crippen LogP) is 3.47. The number of nitriles is 1. The number of nitrogens with one attached hydrogen (secondary N) is 1. The van der Waals surface area contributed by atoms with Gasteiger partial charge in [-0.05, 0) is 12.6 Å². The highest BCUT2D eigenvalue weighted by Crippen LogP contribution is 1.79. The van der Waals surface area contributed by atoms with Crippen molar-refractivity contribution in [2.24, 2.45) is 0 Å². The SMILES string of the molecule is C#C.C#N.C=C.C=N.C=O.C=S.C[N+](=O)[O-].c1ccccc1. The lowest BCUT2D eigenvalue weighted by Crippen LogP contribution is -1.79. The number of benzene rings is 1. The quantitative estimate of drug-likeness (QED) is 0.196. The first-order valence-corrected chi connectivity index (χ1v) is 5.41. The van der Waals surface area contributed by atoms with Crippen LogP contribution in [0.4, 0.5) is 0 Å². The van der Waals surface area contributed by atoms with Gasteiger partial charge in [0.25, 0.3) is 0 Å². The summed E-state index contributed by atoms with van der Waals surface area (Å²) in [4.78, 5) is 16.3. The Balaban J connectivity index is -0.0000000252. The summed E-state index contributed by atoms with van der Waals surface area (Å²) in [5.41, 5.74) is 0. The molecule has 0 atom stereocenters. The molecule has 22 heavy (non-hydrogen) atoms. The topological polar surface area (TPSA) is 108 Å². The Kier molecular flexibility index (Phi) is 288. The first kappa shape index (κ1) is 42.8. The molecule has 0 heterocycles. The van der Waals surface area contributed by atoms with E-state index in [-0.39, 0.29) is 0 Å². The molecule has 7 heteroatoms. The third kappa shape index (κ3) is 524. The van der Waals surface area contributed by atoms with Crippen LogP contribution in [-0.2, 0) is 4.79 Å². The van der Waals surface area contributed by atoms with Crippen molar-refractivity contribution in [3.63, 3.8) is 0 Å². The minimum absolute atomic E-state index is 0.500. The van der Waals surface area contributed by atoms with E-state index in [4.69, 9.17) is 25.6 Å². The van der Waals surface area contributed by atoms with E-state index in [1.54, 1.807) is 0 Å². The van der Waals surface area contributed by atoms with Gasteiger partial charge in [0.1, 0.15) is 6.79 Å². The Morgan fingerprint density at radius 2 is 1.00 bits per heavy atom. The minimum atomic E-state index is -0.500. The van der Waals surface area contributed by atoms with E-state index in [1.165, 1.54) is 0 Å². The van der Waals surface area contributed by atoms with Gasteiger partial charge in [0.05, 0.1) is 0 Å². The monoisotopic (exact) mass is 325 g/mol. The van der Waals surface area contributed by atoms with Crippen LogP contribution in [-0.4, -0.2) is 31.3 Å². The second-order valence-electron chi connectivity index (χ2n) is 1.59. The van der Waals surface area contributed by atoms with Crippen LogP contribution in [0.25, 0.3) is 0 Å². The molecule has 0 bridgehead atoms. The van der Waals surface area contributed by atoms with E-state index in [2.05, 4.69) is 57.4 Å². The molecule has 1 rings (SSSR count). The van der Waals surface area contributed by atoms with Gasteiger partial charge in [0.2, 0.25) is 0 Å². The number of thiocarbonyl (C=S) groups is 1. The number of nitro groups is 1. The summed E-state index contributed by atoms with van der Waals surface area (Å²) < 4.78 is 0. The van der Waals surface area contributed by atoms with E-state index in [0.717, 1.165) is 7.05 Å². The molecule has 6 nitrogen and oxygen atoms in total. The van der Waals surface area contributed by atoms with Crippen LogP contribution in [0.2, 0.25) is 0 Å². The van der Waals surface area contributed by atoms with Crippen LogP contribution in [0, 0.1) is 40.2 Å². The molecule has 122 valence electrons. The van der Waals surface area contributed by atoms with E-state index < -0.39 is 4.92 Å². The molecule has 0 aliphatic rings. The molecular weight excluding hydrogens is 302 g/mol. The van der Waals surface area contributed by atoms with Crippen molar-refractivity contribution < 1.29 is 9.72 Å². The molecular formula is C15H23N3O3S. The van der Waals surface area contributed by atoms with Gasteiger partial charge in [-0.3, -0.25) is 10.1 Å². The second kappa shape index (κ2) is 148. The Morgan fingerprint density at radius 1 is 0.955 bits per heavy atom. The molecule has 0 unspecified atom stereocenters. The standard InChI is InChI=1S/C6H6.C2H4.C2H2.CH3NO2.CH3N.CHN.CH2O.CH2S/c1-2-4-6-5-3-1;2*1-2;1-2(3)4;4*1-2/h1-6H;1-2H2;1-2H;1H3;2H,1H2;1H;2*1H2. The highest BCUT2D eigenvalue weighted by Gasteiger charge is 1.58. The number of nitrogens with zero attached hydrogens (tertiary/aromatic N) is 2. The lowest BCUT2D eigenvalue weighted by molar-refractivity contribution is -0.445. The van der Waals surface area contributed by atoms with Gasteiger partial charge in [-0.1, -0.05) is 48.6 Å². The summed E-state index contributed by atoms with van der Waals surface area (Å²) in [5.74, 6) is 2.83. The molecule has 0 aromatic heterocycles. The molecule has 1 N–H and O–H groups in total. The first-order valence-electron chi connectivity index (χ1n) is 4.83. The molecule has 0 aliphatic heterocycles. The normalized spacial score (nSPS) is 4.23. The average Bonchev–Trinajstić information content (AvgIpc) is 2.66. The lowest BCUT2D eigenvalue weighted by atomic mass is 10.4. The summed E-state index contributed by atoms with van der Waals surface area (Å²) in [7, 11) is 0.889. The number of hydrogen-bond donors (Lipinski definition) is 1. The molecule has 0 saturated heterocycles. The lowest BCUT2D eigenvalue weighted by Gasteiger charge is -1.69. The molecule has 0 amide bonds. The number of carbonyl (C=O) groups is 1. The van der Waals surface area contributed by atoms with Crippen LogP contribution in [0.15, 0.2) is 49.6 Å². The highest BCUT2D eigenvalue weighted by molar-refractivity contribution is 7.77. The largest absolute Gasteiger partial charge is 0.317 e. The van der Waals surface area contributed by atoms with Crippen molar-refractivity contribution in [2.45, 2.75) is 0 Å². The summed E-state index contributed by atoms with van der Waals surface area (Å²) >= 11 is 3.83. The van der Waals surface area contributed by atoms with Crippen molar-refractivity contribution in [3.05, 3.63) is 59.7 Å². The fourth-order valence-electron chi connectivity index (χ4n) is 0.385. The number of hydrogen-bond acceptors (Lipinski definition) is 6. The fourth-order valence-corrected chi connectivity index (χ4v) is 0.385. The van der Waals surface area contributed by atoms with Crippen LogP contribution in [0.3, 0.4) is 0 Å². The third-order valence-electron chi connectivity index (χ3n) is 0.667. The summed E-state index contributed by atoms with van der Waals surface area (Å²) in [5, 5.41) is 20.8. The van der Waals surface area contributed by atoms with Gasteiger partial charge in [0, 0.05) is 11.5 Å². The zero-order valence-corrected chi connectivity index (χ0v) is 13.6. The molecule has 0 aliphatic carbocycles. The maximum absolute atomic E-state index is 8.81. The molecule has 0 radical (unpaired) electrons. The Bertz CT molecular complexity index is 262. The zero-order valence-electron chi connectivity index (χ0n) is 12.8. The van der Waals surface area contributed by atoms with E-state index in [9.17, 15) is 0 Å². The van der Waals surface area contributed by atoms with Crippen molar-refractivity contribution in [1.82, 2.24) is 0 Å². The summed E-state index contributed by atoms with van der Waals surface area (Å²) in [6.07, 6.45) is 8.00. The maximum atomic E-state index is 8.81. The smallest absolute Gasteiger partial charge is 0.194 e. The van der Waals surface area contributed by atoms with E-state index in [1.807, 2.05) is 43.2 Å². The first-order chi connectivity index (χ1) is 10.7. The van der Waals surface area contributed by atoms with Gasteiger partial charge in [-0.25, -0.2) is 5.26 Å². The Morgan fingerprint density at radius 3 is 1.05 bits per heavy atom. The van der Waals surface area contributed by atoms with E-state index >= 15 is 0 Å². The number of rotatable bonds is 0. The number of carbonyl (C=O) groups excluding carboxylic acids is 1. The third-order valence-corrected chi connectivity index (χ3v) is 0.667. The Labute approximate surface area is 138 Å². The highest BCUT2D eigenvalue weighted by atomic mass is 32.1. The van der Waals surface area contributed by atoms with Crippen molar-refractivity contribution in [1.29, 1.82) is 10.7 Å². The second-order valence-corrected chi connectivity index (χ2v) is 1.59. The van der Waals surface area contributed by atoms with Gasteiger partial charge >= 0.3 is 0 Å². The average molecular weight is 325 g/mol. The van der Waals surface area contributed by atoms with Gasteiger partial charge in [-0.15, -0.1) is 26.0 Å². The Hall–Kier alpha value is -3.16. The van der Waals surface area contributed by atoms with E-state index in [0.29, 0.717) is 0 Å². The molecule has 0 spiro atoms. The van der Waals surface area contributed by atoms with Gasteiger partial charge < -0.3 is 10.2 Å². The van der Waals surface area contributed by atoms with Crippen molar-refractivity contribution in [3.8, 4) is 19.4 Å². The van der Waals surface area contributed by atoms with Gasteiger partial charge in [-0.2, -0.15) is 0 Å². The minimum Gasteiger partial charge on any atom is -0.317 e. The van der Waals surface area contributed by atoms with Crippen LogP contribution in [0.1, 0.15) is 0 Å².